The second-order valence-electron chi connectivity index (χ2n) is 9.68. The Morgan fingerprint density at radius 1 is 0.535 bits per heavy atom. The largest absolute Gasteiger partial charge is 0.258 e. The van der Waals surface area contributed by atoms with Crippen molar-refractivity contribution >= 4 is 48.5 Å². The third-order valence-electron chi connectivity index (χ3n) is 7.23. The molecule has 0 heterocycles. The molecule has 1 N–H and O–H groups in total. The van der Waals surface area contributed by atoms with E-state index in [1.165, 1.54) is 0 Å². The number of nitriles is 3. The summed E-state index contributed by atoms with van der Waals surface area (Å²) in [6.45, 7) is 0. The van der Waals surface area contributed by atoms with Gasteiger partial charge in [0.25, 0.3) is 0 Å². The molecule has 0 aliphatic rings. The molecule has 0 unspecified atom stereocenters. The number of benzene rings is 5. The summed E-state index contributed by atoms with van der Waals surface area (Å²) in [6, 6.07) is 54.9. The van der Waals surface area contributed by atoms with Crippen molar-refractivity contribution in [3.05, 3.63) is 157 Å². The fraction of sp³-hybridized carbons (Fsp3) is 0.0541. The average molecular weight is 589 g/mol. The summed E-state index contributed by atoms with van der Waals surface area (Å²) in [5, 5.41) is 43.2. The first-order chi connectivity index (χ1) is 21.2. The lowest BCUT2D eigenvalue weighted by Gasteiger charge is -2.42. The van der Waals surface area contributed by atoms with Crippen LogP contribution in [-0.4, -0.2) is 11.3 Å². The van der Waals surface area contributed by atoms with E-state index < -0.39 is 26.7 Å². The molecule has 5 rings (SSSR count). The van der Waals surface area contributed by atoms with Gasteiger partial charge in [-0.25, -0.2) is 0 Å². The Morgan fingerprint density at radius 3 is 1.16 bits per heavy atom. The second-order valence-corrected chi connectivity index (χ2v) is 14.7. The normalized spacial score (nSPS) is 10.9. The zero-order valence-corrected chi connectivity index (χ0v) is 25.0. The van der Waals surface area contributed by atoms with Gasteiger partial charge in [-0.2, -0.15) is 15.8 Å². The highest BCUT2D eigenvalue weighted by Gasteiger charge is 2.51. The van der Waals surface area contributed by atoms with E-state index in [9.17, 15) is 15.8 Å². The Morgan fingerprint density at radius 2 is 0.884 bits per heavy atom. The lowest BCUT2D eigenvalue weighted by atomic mass is 9.84. The van der Waals surface area contributed by atoms with Gasteiger partial charge in [0.2, 0.25) is 0 Å². The van der Waals surface area contributed by atoms with Crippen LogP contribution in [0.2, 0.25) is 0 Å². The van der Waals surface area contributed by atoms with Crippen molar-refractivity contribution in [2.24, 2.45) is 0 Å². The maximum Gasteiger partial charge on any atom is 0.180 e. The van der Waals surface area contributed by atoms with E-state index in [0.717, 1.165) is 21.2 Å². The lowest BCUT2D eigenvalue weighted by Crippen LogP contribution is -2.42. The summed E-state index contributed by atoms with van der Waals surface area (Å²) in [4.78, 5) is 0. The predicted octanol–water partition coefficient (Wildman–Crippen LogP) is 6.72. The van der Waals surface area contributed by atoms with Crippen molar-refractivity contribution in [2.45, 2.75) is 10.8 Å². The minimum absolute atomic E-state index is 0.0919. The number of rotatable bonds is 9. The summed E-state index contributed by atoms with van der Waals surface area (Å²) in [5.41, 5.74) is -0.389. The molecule has 0 saturated heterocycles. The number of hydrogen-bond donors (Lipinski definition) is 1. The van der Waals surface area contributed by atoms with Gasteiger partial charge in [-0.1, -0.05) is 146 Å². The highest BCUT2D eigenvalue weighted by molar-refractivity contribution is 7.89. The van der Waals surface area contributed by atoms with E-state index in [1.807, 2.05) is 78.9 Å². The topological polar surface area (TPSA) is 95.2 Å². The second kappa shape index (κ2) is 13.7. The minimum atomic E-state index is -1.56. The fourth-order valence-corrected chi connectivity index (χ4v) is 12.7. The highest BCUT2D eigenvalue weighted by Crippen LogP contribution is 2.63. The van der Waals surface area contributed by atoms with Crippen LogP contribution in [0, 0.1) is 39.4 Å². The quantitative estimate of drug-likeness (QED) is 0.118. The summed E-state index contributed by atoms with van der Waals surface area (Å²) in [6.07, 6.45) is 0. The van der Waals surface area contributed by atoms with Crippen LogP contribution < -0.4 is 21.2 Å². The van der Waals surface area contributed by atoms with Crippen LogP contribution in [0.5, 0.6) is 0 Å². The molecule has 0 aliphatic heterocycles. The molecular weight excluding hydrogens is 562 g/mol. The monoisotopic (exact) mass is 588 g/mol. The van der Waals surface area contributed by atoms with Gasteiger partial charge in [0, 0.05) is 5.56 Å². The van der Waals surface area contributed by atoms with E-state index in [-0.39, 0.29) is 5.57 Å². The first kappa shape index (κ1) is 29.4. The van der Waals surface area contributed by atoms with Crippen LogP contribution in [0.25, 0.3) is 5.57 Å². The first-order valence-corrected chi connectivity index (χ1v) is 16.4. The molecule has 4 nitrogen and oxygen atoms in total. The van der Waals surface area contributed by atoms with Gasteiger partial charge < -0.3 is 0 Å². The van der Waals surface area contributed by atoms with E-state index in [2.05, 4.69) is 66.5 Å². The SMILES string of the molecule is N#CC(=C=N)c1ccc(C(C#N)(C#N)C(P(c2ccccc2)c2ccccc2)P(c2ccccc2)c2ccccc2)cc1. The van der Waals surface area contributed by atoms with Crippen LogP contribution in [0.1, 0.15) is 11.1 Å². The molecule has 0 aliphatic carbocycles. The molecule has 0 aromatic heterocycles. The van der Waals surface area contributed by atoms with E-state index >= 15 is 0 Å². The molecule has 0 atom stereocenters. The number of hydrogen-bond acceptors (Lipinski definition) is 4. The number of allylic oxidation sites excluding steroid dienone is 1. The van der Waals surface area contributed by atoms with Gasteiger partial charge in [0.1, 0.15) is 11.6 Å². The zero-order valence-electron chi connectivity index (χ0n) is 23.2. The Kier molecular flexibility index (Phi) is 9.36. The molecule has 0 fully saturated rings. The van der Waals surface area contributed by atoms with Crippen LogP contribution in [0.3, 0.4) is 0 Å². The van der Waals surface area contributed by atoms with Crippen LogP contribution in [0.4, 0.5) is 0 Å². The molecular formula is C37H26N4P2. The van der Waals surface area contributed by atoms with Crippen molar-refractivity contribution in [3.8, 4) is 18.2 Å². The van der Waals surface area contributed by atoms with E-state index in [0.29, 0.717) is 11.1 Å². The minimum Gasteiger partial charge on any atom is -0.258 e. The van der Waals surface area contributed by atoms with Gasteiger partial charge in [-0.05, 0) is 48.5 Å². The Hall–Kier alpha value is -5.12. The number of nitrogens with zero attached hydrogens (tertiary/aromatic N) is 3. The van der Waals surface area contributed by atoms with Crippen molar-refractivity contribution < 1.29 is 0 Å². The Balaban J connectivity index is 1.88. The van der Waals surface area contributed by atoms with Crippen LogP contribution in [-0.2, 0) is 5.41 Å². The van der Waals surface area contributed by atoms with E-state index in [1.54, 1.807) is 24.3 Å². The molecule has 0 spiro atoms. The van der Waals surface area contributed by atoms with Crippen molar-refractivity contribution in [1.29, 1.82) is 21.2 Å². The first-order valence-electron chi connectivity index (χ1n) is 13.6. The van der Waals surface area contributed by atoms with Gasteiger partial charge in [-0.3, -0.25) is 5.41 Å². The molecule has 0 radical (unpaired) electrons. The summed E-state index contributed by atoms with van der Waals surface area (Å²) < 4.78 is 0. The standard InChI is InChI=1S/C37H26N4P2/c38-25-30(26-39)29-21-23-31(24-22-29)37(27-40,28-41)36(42(32-13-5-1-6-14-32)33-15-7-2-8-16-33)43(34-17-9-3-10-18-34)35-19-11-4-12-20-35/h1-24,36,38H. The van der Waals surface area contributed by atoms with E-state index in [4.69, 9.17) is 5.41 Å². The maximum absolute atomic E-state index is 11.2. The molecule has 0 bridgehead atoms. The smallest absolute Gasteiger partial charge is 0.180 e. The van der Waals surface area contributed by atoms with Gasteiger partial charge in [-0.15, -0.1) is 0 Å². The molecule has 5 aromatic carbocycles. The fourth-order valence-electron chi connectivity index (χ4n) is 5.20. The van der Waals surface area contributed by atoms with Gasteiger partial charge in [0.05, 0.1) is 17.5 Å². The number of nitrogens with one attached hydrogen (secondary N) is 1. The molecule has 43 heavy (non-hydrogen) atoms. The molecule has 0 amide bonds. The van der Waals surface area contributed by atoms with Gasteiger partial charge in [0.15, 0.2) is 5.41 Å². The Bertz CT molecular complexity index is 1670. The average Bonchev–Trinajstić information content (AvgIpc) is 3.09. The molecule has 204 valence electrons. The molecule has 6 heteroatoms. The summed E-state index contributed by atoms with van der Waals surface area (Å²) in [7, 11) is -2.53. The van der Waals surface area contributed by atoms with Crippen molar-refractivity contribution in [2.75, 3.05) is 0 Å². The Labute approximate surface area is 254 Å². The van der Waals surface area contributed by atoms with Crippen molar-refractivity contribution in [1.82, 2.24) is 0 Å². The summed E-state index contributed by atoms with van der Waals surface area (Å²) in [5.74, 6) is 2.18. The third kappa shape index (κ3) is 5.94. The van der Waals surface area contributed by atoms with Crippen LogP contribution >= 0.6 is 15.8 Å². The highest BCUT2D eigenvalue weighted by atomic mass is 31.2. The summed E-state index contributed by atoms with van der Waals surface area (Å²) >= 11 is 0. The third-order valence-corrected chi connectivity index (χ3v) is 13.8. The van der Waals surface area contributed by atoms with Gasteiger partial charge >= 0.3 is 0 Å². The molecule has 5 aromatic rings. The lowest BCUT2D eigenvalue weighted by molar-refractivity contribution is 0.766. The zero-order chi connectivity index (χ0) is 30.1. The van der Waals surface area contributed by atoms with Crippen LogP contribution in [0.15, 0.2) is 146 Å². The molecule has 0 saturated carbocycles. The maximum atomic E-state index is 11.2. The van der Waals surface area contributed by atoms with Crippen molar-refractivity contribution in [3.63, 3.8) is 0 Å². The predicted molar refractivity (Wildman–Crippen MR) is 178 cm³/mol.